The van der Waals surface area contributed by atoms with Crippen LogP contribution in [0.4, 0.5) is 0 Å². The van der Waals surface area contributed by atoms with Gasteiger partial charge in [-0.1, -0.05) is 12.1 Å². The highest BCUT2D eigenvalue weighted by Crippen LogP contribution is 2.25. The van der Waals surface area contributed by atoms with Gasteiger partial charge >= 0.3 is 5.97 Å². The Morgan fingerprint density at radius 2 is 1.67 bits per heavy atom. The van der Waals surface area contributed by atoms with Crippen LogP contribution in [0.3, 0.4) is 0 Å². The number of aromatic nitrogens is 1. The van der Waals surface area contributed by atoms with E-state index in [9.17, 15) is 4.79 Å². The van der Waals surface area contributed by atoms with Crippen molar-refractivity contribution < 1.29 is 23.8 Å². The maximum Gasteiger partial charge on any atom is 0.310 e. The van der Waals surface area contributed by atoms with Crippen LogP contribution in [-0.2, 0) is 11.2 Å². The normalized spacial score (nSPS) is 12.0. The van der Waals surface area contributed by atoms with Gasteiger partial charge in [0, 0.05) is 12.0 Å². The molecule has 0 spiro atoms. The van der Waals surface area contributed by atoms with Gasteiger partial charge < -0.3 is 19.0 Å². The van der Waals surface area contributed by atoms with Gasteiger partial charge in [0.1, 0.15) is 17.3 Å². The second-order valence-electron chi connectivity index (χ2n) is 7.44. The second kappa shape index (κ2) is 9.48. The molecule has 0 saturated heterocycles. The minimum atomic E-state index is -0.844. The predicted molar refractivity (Wildman–Crippen MR) is 114 cm³/mol. The van der Waals surface area contributed by atoms with Gasteiger partial charge in [0.05, 0.1) is 24.3 Å². The number of benzene rings is 2. The lowest BCUT2D eigenvalue weighted by Crippen LogP contribution is -2.07. The van der Waals surface area contributed by atoms with E-state index in [0.717, 1.165) is 28.3 Å². The van der Waals surface area contributed by atoms with Crippen molar-refractivity contribution in [1.82, 2.24) is 4.98 Å². The van der Waals surface area contributed by atoms with Gasteiger partial charge in [0.2, 0.25) is 5.89 Å². The molecule has 0 fully saturated rings. The van der Waals surface area contributed by atoms with Gasteiger partial charge in [-0.25, -0.2) is 4.98 Å². The number of aryl methyl sites for hydroxylation is 1. The Bertz CT molecular complexity index is 974. The van der Waals surface area contributed by atoms with Crippen LogP contribution < -0.4 is 9.47 Å². The lowest BCUT2D eigenvalue weighted by Gasteiger charge is -2.09. The van der Waals surface area contributed by atoms with E-state index < -0.39 is 11.9 Å². The molecule has 1 aromatic heterocycles. The van der Waals surface area contributed by atoms with Crippen molar-refractivity contribution in [3.63, 3.8) is 0 Å². The molecule has 2 aromatic carbocycles. The summed E-state index contributed by atoms with van der Waals surface area (Å²) in [4.78, 5) is 15.7. The molecule has 158 valence electrons. The van der Waals surface area contributed by atoms with Gasteiger partial charge in [-0.2, -0.15) is 0 Å². The van der Waals surface area contributed by atoms with Crippen LogP contribution in [0, 0.1) is 6.92 Å². The summed E-state index contributed by atoms with van der Waals surface area (Å²) < 4.78 is 17.3. The average molecular weight is 409 g/mol. The lowest BCUT2D eigenvalue weighted by atomic mass is 10.0. The maximum absolute atomic E-state index is 11.1. The van der Waals surface area contributed by atoms with Gasteiger partial charge in [-0.3, -0.25) is 4.79 Å². The molecule has 0 amide bonds. The van der Waals surface area contributed by atoms with Gasteiger partial charge in [-0.05, 0) is 69.7 Å². The van der Waals surface area contributed by atoms with E-state index in [0.29, 0.717) is 24.7 Å². The van der Waals surface area contributed by atoms with E-state index in [-0.39, 0.29) is 6.10 Å². The number of carboxylic acid groups (broad SMARTS) is 1. The molecule has 1 unspecified atom stereocenters. The molecule has 30 heavy (non-hydrogen) atoms. The number of ether oxygens (including phenoxy) is 2. The average Bonchev–Trinajstić information content (AvgIpc) is 3.08. The molecule has 1 N–H and O–H groups in total. The molecular weight excluding hydrogens is 382 g/mol. The first-order valence-corrected chi connectivity index (χ1v) is 10.0. The first kappa shape index (κ1) is 21.4. The summed E-state index contributed by atoms with van der Waals surface area (Å²) in [7, 11) is 0. The van der Waals surface area contributed by atoms with Gasteiger partial charge in [0.15, 0.2) is 0 Å². The number of rotatable bonds is 9. The highest BCUT2D eigenvalue weighted by Gasteiger charge is 2.14. The van der Waals surface area contributed by atoms with Crippen LogP contribution in [-0.4, -0.2) is 28.8 Å². The zero-order valence-corrected chi connectivity index (χ0v) is 17.7. The Kier molecular flexibility index (Phi) is 6.77. The van der Waals surface area contributed by atoms with E-state index in [2.05, 4.69) is 4.98 Å². The highest BCUT2D eigenvalue weighted by molar-refractivity contribution is 5.75. The standard InChI is InChI=1S/C24H27NO5/c1-15(2)29-21-11-7-19(8-12-21)23-25-22(17(4)30-23)13-14-28-20-9-5-18(6-10-20)16(3)24(26)27/h5-12,15-16H,13-14H2,1-4H3,(H,26,27). The highest BCUT2D eigenvalue weighted by atomic mass is 16.5. The first-order valence-electron chi connectivity index (χ1n) is 10.0. The maximum atomic E-state index is 11.1. The molecule has 1 atom stereocenters. The number of aliphatic carboxylic acids is 1. The molecule has 0 aliphatic carbocycles. The monoisotopic (exact) mass is 409 g/mol. The van der Waals surface area contributed by atoms with Crippen LogP contribution in [0.25, 0.3) is 11.5 Å². The van der Waals surface area contributed by atoms with Crippen molar-refractivity contribution in [3.8, 4) is 23.0 Å². The third kappa shape index (κ3) is 5.41. The van der Waals surface area contributed by atoms with Crippen LogP contribution in [0.15, 0.2) is 52.9 Å². The van der Waals surface area contributed by atoms with E-state index in [4.69, 9.17) is 19.0 Å². The van der Waals surface area contributed by atoms with Crippen LogP contribution in [0.5, 0.6) is 11.5 Å². The summed E-state index contributed by atoms with van der Waals surface area (Å²) in [5, 5.41) is 9.08. The van der Waals surface area contributed by atoms with Crippen molar-refractivity contribution in [2.75, 3.05) is 6.61 Å². The first-order chi connectivity index (χ1) is 14.3. The van der Waals surface area contributed by atoms with Crippen molar-refractivity contribution >= 4 is 5.97 Å². The molecule has 3 aromatic rings. The van der Waals surface area contributed by atoms with Crippen molar-refractivity contribution in [3.05, 3.63) is 65.5 Å². The van der Waals surface area contributed by atoms with Gasteiger partial charge in [0.25, 0.3) is 0 Å². The summed E-state index contributed by atoms with van der Waals surface area (Å²) in [5.41, 5.74) is 2.49. The van der Waals surface area contributed by atoms with E-state index in [1.807, 2.05) is 45.0 Å². The zero-order valence-electron chi connectivity index (χ0n) is 17.7. The van der Waals surface area contributed by atoms with E-state index in [1.165, 1.54) is 0 Å². The number of carboxylic acids is 1. The number of hydrogen-bond donors (Lipinski definition) is 1. The number of oxazole rings is 1. The zero-order chi connectivity index (χ0) is 21.7. The van der Waals surface area contributed by atoms with Gasteiger partial charge in [-0.15, -0.1) is 0 Å². The number of carbonyl (C=O) groups is 1. The molecule has 0 aliphatic rings. The predicted octanol–water partition coefficient (Wildman–Crippen LogP) is 5.25. The van der Waals surface area contributed by atoms with Crippen molar-refractivity contribution in [2.24, 2.45) is 0 Å². The van der Waals surface area contributed by atoms with Crippen LogP contribution in [0.1, 0.15) is 43.7 Å². The molecule has 0 radical (unpaired) electrons. The minimum absolute atomic E-state index is 0.128. The number of hydrogen-bond acceptors (Lipinski definition) is 5. The summed E-state index contributed by atoms with van der Waals surface area (Å²) in [6, 6.07) is 14.8. The summed E-state index contributed by atoms with van der Waals surface area (Å²) >= 11 is 0. The Labute approximate surface area is 176 Å². The Hall–Kier alpha value is -3.28. The van der Waals surface area contributed by atoms with E-state index >= 15 is 0 Å². The molecule has 0 saturated carbocycles. The molecular formula is C24H27NO5. The molecule has 6 heteroatoms. The second-order valence-corrected chi connectivity index (χ2v) is 7.44. The Morgan fingerprint density at radius 3 is 2.27 bits per heavy atom. The topological polar surface area (TPSA) is 81.8 Å². The number of nitrogens with zero attached hydrogens (tertiary/aromatic N) is 1. The fraction of sp³-hybridized carbons (Fsp3) is 0.333. The molecule has 0 bridgehead atoms. The van der Waals surface area contributed by atoms with E-state index in [1.54, 1.807) is 31.2 Å². The third-order valence-corrected chi connectivity index (χ3v) is 4.72. The van der Waals surface area contributed by atoms with Crippen LogP contribution >= 0.6 is 0 Å². The van der Waals surface area contributed by atoms with Crippen molar-refractivity contribution in [1.29, 1.82) is 0 Å². The fourth-order valence-electron chi connectivity index (χ4n) is 2.99. The molecule has 6 nitrogen and oxygen atoms in total. The molecule has 0 aliphatic heterocycles. The van der Waals surface area contributed by atoms with Crippen molar-refractivity contribution in [2.45, 2.75) is 46.1 Å². The Morgan fingerprint density at radius 1 is 1.03 bits per heavy atom. The minimum Gasteiger partial charge on any atom is -0.493 e. The summed E-state index contributed by atoms with van der Waals surface area (Å²) in [6.45, 7) is 7.98. The molecule has 1 heterocycles. The van der Waals surface area contributed by atoms with Crippen LogP contribution in [0.2, 0.25) is 0 Å². The molecule has 3 rings (SSSR count). The summed E-state index contributed by atoms with van der Waals surface area (Å²) in [5.74, 6) is 1.46. The SMILES string of the molecule is Cc1oc(-c2ccc(OC(C)C)cc2)nc1CCOc1ccc(C(C)C(=O)O)cc1. The smallest absolute Gasteiger partial charge is 0.310 e. The summed E-state index contributed by atoms with van der Waals surface area (Å²) in [6.07, 6.45) is 0.736. The fourth-order valence-corrected chi connectivity index (χ4v) is 2.99. The quantitative estimate of drug-likeness (QED) is 0.520. The lowest BCUT2D eigenvalue weighted by molar-refractivity contribution is -0.138. The Balaban J connectivity index is 1.58. The largest absolute Gasteiger partial charge is 0.493 e. The third-order valence-electron chi connectivity index (χ3n) is 4.72.